The standard InChI is InChI=1S/C24H36N4OS/c1-23(2,3)17-24(4,5)22(29)27-13-11-18(12-14-27)15-28-16-20(25-26-28)19-9-7-8-10-21(19)30-6/h7-10,16,18H,11-15,17H2,1-6H3. The van der Waals surface area contributed by atoms with E-state index in [1.54, 1.807) is 11.8 Å². The van der Waals surface area contributed by atoms with Crippen molar-refractivity contribution >= 4 is 17.7 Å². The highest BCUT2D eigenvalue weighted by atomic mass is 32.2. The summed E-state index contributed by atoms with van der Waals surface area (Å²) in [5.41, 5.74) is 1.91. The third-order valence-electron chi connectivity index (χ3n) is 5.82. The van der Waals surface area contributed by atoms with Gasteiger partial charge in [0.15, 0.2) is 0 Å². The lowest BCUT2D eigenvalue weighted by atomic mass is 9.75. The largest absolute Gasteiger partial charge is 0.342 e. The highest BCUT2D eigenvalue weighted by Gasteiger charge is 2.37. The number of carbonyl (C=O) groups is 1. The number of rotatable bonds is 6. The summed E-state index contributed by atoms with van der Waals surface area (Å²) in [7, 11) is 0. The second kappa shape index (κ2) is 9.13. The molecule has 0 spiro atoms. The van der Waals surface area contributed by atoms with Gasteiger partial charge in [-0.15, -0.1) is 16.9 Å². The zero-order valence-corrected chi connectivity index (χ0v) is 20.1. The molecule has 0 N–H and O–H groups in total. The number of benzene rings is 1. The molecule has 164 valence electrons. The van der Waals surface area contributed by atoms with Crippen LogP contribution in [0.2, 0.25) is 0 Å². The second-order valence-electron chi connectivity index (χ2n) is 10.4. The van der Waals surface area contributed by atoms with Crippen molar-refractivity contribution < 1.29 is 4.79 Å². The quantitative estimate of drug-likeness (QED) is 0.581. The van der Waals surface area contributed by atoms with Crippen LogP contribution in [0.4, 0.5) is 0 Å². The normalized spacial score (nSPS) is 16.1. The molecule has 3 rings (SSSR count). The van der Waals surface area contributed by atoms with E-state index in [9.17, 15) is 4.79 Å². The van der Waals surface area contributed by atoms with Gasteiger partial charge >= 0.3 is 0 Å². The molecule has 1 aromatic heterocycles. The lowest BCUT2D eigenvalue weighted by Gasteiger charge is -2.39. The Kier molecular flexibility index (Phi) is 6.95. The first-order valence-electron chi connectivity index (χ1n) is 10.9. The van der Waals surface area contributed by atoms with Crippen LogP contribution in [0.3, 0.4) is 0 Å². The smallest absolute Gasteiger partial charge is 0.228 e. The molecule has 1 aliphatic heterocycles. The van der Waals surface area contributed by atoms with Crippen LogP contribution in [0, 0.1) is 16.7 Å². The number of likely N-dealkylation sites (tertiary alicyclic amines) is 1. The van der Waals surface area contributed by atoms with Crippen LogP contribution in [-0.4, -0.2) is 45.1 Å². The van der Waals surface area contributed by atoms with Gasteiger partial charge in [0, 0.05) is 35.5 Å². The predicted octanol–water partition coefficient (Wildman–Crippen LogP) is 5.37. The molecular weight excluding hydrogens is 392 g/mol. The lowest BCUT2D eigenvalue weighted by molar-refractivity contribution is -0.143. The molecule has 5 nitrogen and oxygen atoms in total. The molecule has 1 fully saturated rings. The van der Waals surface area contributed by atoms with E-state index in [4.69, 9.17) is 0 Å². The number of hydrogen-bond donors (Lipinski definition) is 0. The summed E-state index contributed by atoms with van der Waals surface area (Å²) < 4.78 is 1.97. The minimum absolute atomic E-state index is 0.150. The molecule has 0 unspecified atom stereocenters. The van der Waals surface area contributed by atoms with E-state index < -0.39 is 0 Å². The van der Waals surface area contributed by atoms with Crippen molar-refractivity contribution in [3.05, 3.63) is 30.5 Å². The maximum absolute atomic E-state index is 13.1. The van der Waals surface area contributed by atoms with Gasteiger partial charge in [0.2, 0.25) is 5.91 Å². The minimum atomic E-state index is -0.309. The van der Waals surface area contributed by atoms with Crippen molar-refractivity contribution in [2.75, 3.05) is 19.3 Å². The second-order valence-corrected chi connectivity index (χ2v) is 11.2. The third-order valence-corrected chi connectivity index (χ3v) is 6.62. The summed E-state index contributed by atoms with van der Waals surface area (Å²) in [4.78, 5) is 16.4. The van der Waals surface area contributed by atoms with Crippen LogP contribution in [0.5, 0.6) is 0 Å². The Hall–Kier alpha value is -1.82. The molecule has 0 aliphatic carbocycles. The van der Waals surface area contributed by atoms with Gasteiger partial charge in [-0.2, -0.15) is 0 Å². The van der Waals surface area contributed by atoms with Gasteiger partial charge in [0.05, 0.1) is 6.20 Å². The average molecular weight is 429 g/mol. The van der Waals surface area contributed by atoms with Crippen LogP contribution in [0.25, 0.3) is 11.3 Å². The first kappa shape index (κ1) is 22.9. The topological polar surface area (TPSA) is 51.0 Å². The first-order chi connectivity index (χ1) is 14.1. The van der Waals surface area contributed by atoms with E-state index in [2.05, 4.69) is 80.5 Å². The number of hydrogen-bond acceptors (Lipinski definition) is 4. The Morgan fingerprint density at radius 2 is 1.80 bits per heavy atom. The molecular formula is C24H36N4OS. The van der Waals surface area contributed by atoms with Crippen molar-refractivity contribution in [1.29, 1.82) is 0 Å². The molecule has 2 aromatic rings. The Labute approximate surface area is 185 Å². The molecule has 0 atom stereocenters. The van der Waals surface area contributed by atoms with Gasteiger partial charge in [-0.25, -0.2) is 0 Å². The molecule has 6 heteroatoms. The van der Waals surface area contributed by atoms with Gasteiger partial charge in [0.1, 0.15) is 5.69 Å². The summed E-state index contributed by atoms with van der Waals surface area (Å²) in [6.45, 7) is 13.4. The molecule has 0 bridgehead atoms. The number of nitrogens with zero attached hydrogens (tertiary/aromatic N) is 4. The van der Waals surface area contributed by atoms with Crippen LogP contribution in [-0.2, 0) is 11.3 Å². The van der Waals surface area contributed by atoms with Crippen molar-refractivity contribution in [3.63, 3.8) is 0 Å². The fourth-order valence-corrected chi connectivity index (χ4v) is 5.39. The minimum Gasteiger partial charge on any atom is -0.342 e. The fourth-order valence-electron chi connectivity index (χ4n) is 4.78. The van der Waals surface area contributed by atoms with E-state index in [0.29, 0.717) is 11.8 Å². The van der Waals surface area contributed by atoms with Crippen LogP contribution >= 0.6 is 11.8 Å². The summed E-state index contributed by atoms with van der Waals surface area (Å²) in [6.07, 6.45) is 7.08. The number of carbonyl (C=O) groups excluding carboxylic acids is 1. The number of thioether (sulfide) groups is 1. The highest BCUT2D eigenvalue weighted by Crippen LogP contribution is 2.36. The lowest BCUT2D eigenvalue weighted by Crippen LogP contribution is -2.46. The summed E-state index contributed by atoms with van der Waals surface area (Å²) in [5.74, 6) is 0.831. The number of amides is 1. The Balaban J connectivity index is 1.57. The Morgan fingerprint density at radius 3 is 2.43 bits per heavy atom. The Bertz CT molecular complexity index is 860. The zero-order valence-electron chi connectivity index (χ0n) is 19.3. The van der Waals surface area contributed by atoms with E-state index in [0.717, 1.165) is 50.2 Å². The van der Waals surface area contributed by atoms with Crippen molar-refractivity contribution in [2.24, 2.45) is 16.7 Å². The van der Waals surface area contributed by atoms with Gasteiger partial charge in [-0.1, -0.05) is 58.0 Å². The molecule has 1 aliphatic rings. The van der Waals surface area contributed by atoms with Gasteiger partial charge in [0.25, 0.3) is 0 Å². The predicted molar refractivity (Wildman–Crippen MR) is 124 cm³/mol. The molecule has 0 saturated carbocycles. The summed E-state index contributed by atoms with van der Waals surface area (Å²) in [6, 6.07) is 8.32. The van der Waals surface area contributed by atoms with Gasteiger partial charge in [-0.05, 0) is 42.9 Å². The van der Waals surface area contributed by atoms with Crippen molar-refractivity contribution in [3.8, 4) is 11.3 Å². The molecule has 1 aromatic carbocycles. The summed E-state index contributed by atoms with van der Waals surface area (Å²) in [5, 5.41) is 8.78. The van der Waals surface area contributed by atoms with Crippen LogP contribution < -0.4 is 0 Å². The average Bonchev–Trinajstić information content (AvgIpc) is 3.14. The fraction of sp³-hybridized carbons (Fsp3) is 0.625. The zero-order chi connectivity index (χ0) is 21.9. The molecule has 1 saturated heterocycles. The Morgan fingerprint density at radius 1 is 1.13 bits per heavy atom. The van der Waals surface area contributed by atoms with Crippen LogP contribution in [0.1, 0.15) is 53.9 Å². The van der Waals surface area contributed by atoms with E-state index in [1.165, 1.54) is 4.90 Å². The summed E-state index contributed by atoms with van der Waals surface area (Å²) >= 11 is 1.73. The maximum atomic E-state index is 13.1. The molecule has 2 heterocycles. The van der Waals surface area contributed by atoms with Gasteiger partial charge < -0.3 is 4.90 Å². The molecule has 30 heavy (non-hydrogen) atoms. The van der Waals surface area contributed by atoms with Crippen molar-refractivity contribution in [1.82, 2.24) is 19.9 Å². The monoisotopic (exact) mass is 428 g/mol. The van der Waals surface area contributed by atoms with E-state index >= 15 is 0 Å². The van der Waals surface area contributed by atoms with E-state index in [-0.39, 0.29) is 10.8 Å². The number of aromatic nitrogens is 3. The van der Waals surface area contributed by atoms with Crippen molar-refractivity contribution in [2.45, 2.75) is 65.3 Å². The maximum Gasteiger partial charge on any atom is 0.228 e. The SMILES string of the molecule is CSc1ccccc1-c1cn(CC2CCN(C(=O)C(C)(C)CC(C)(C)C)CC2)nn1. The third kappa shape index (κ3) is 5.65. The highest BCUT2D eigenvalue weighted by molar-refractivity contribution is 7.98. The molecule has 1 amide bonds. The van der Waals surface area contributed by atoms with E-state index in [1.807, 2.05) is 10.7 Å². The van der Waals surface area contributed by atoms with Crippen LogP contribution in [0.15, 0.2) is 35.4 Å². The number of piperidine rings is 1. The first-order valence-corrected chi connectivity index (χ1v) is 12.1. The van der Waals surface area contributed by atoms with Gasteiger partial charge in [-0.3, -0.25) is 9.48 Å². The molecule has 0 radical (unpaired) electrons.